The Balaban J connectivity index is 0.00000392. The number of aliphatic imine (C=N–C) groups is 1. The van der Waals surface area contributed by atoms with E-state index in [0.29, 0.717) is 18.4 Å². The van der Waals surface area contributed by atoms with Crippen LogP contribution in [-0.2, 0) is 22.5 Å². The van der Waals surface area contributed by atoms with Crippen molar-refractivity contribution in [2.75, 3.05) is 32.8 Å². The Bertz CT molecular complexity index is 621. The second kappa shape index (κ2) is 13.4. The molecule has 0 bridgehead atoms. The lowest BCUT2D eigenvalue weighted by Gasteiger charge is -2.26. The predicted octanol–water partition coefficient (Wildman–Crippen LogP) is 3.26. The number of hydrogen-bond donors (Lipinski definition) is 2. The first-order valence-corrected chi connectivity index (χ1v) is 10.9. The van der Waals surface area contributed by atoms with Crippen LogP contribution in [0.5, 0.6) is 0 Å². The average Bonchev–Trinajstić information content (AvgIpc) is 3.12. The predicted molar refractivity (Wildman–Crippen MR) is 128 cm³/mol. The van der Waals surface area contributed by atoms with Crippen LogP contribution in [0.3, 0.4) is 0 Å². The molecule has 8 heteroatoms. The second-order valence-corrected chi connectivity index (χ2v) is 8.08. The Morgan fingerprint density at radius 1 is 1.36 bits per heavy atom. The summed E-state index contributed by atoms with van der Waals surface area (Å²) in [4.78, 5) is 20.3. The highest BCUT2D eigenvalue weighted by Gasteiger charge is 2.21. The summed E-state index contributed by atoms with van der Waals surface area (Å²) in [6, 6.07) is 2.12. The lowest BCUT2D eigenvalue weighted by molar-refractivity contribution is -0.130. The molecular weight excluding hydrogens is 487 g/mol. The van der Waals surface area contributed by atoms with Crippen LogP contribution in [0.1, 0.15) is 44.6 Å². The topological polar surface area (TPSA) is 66.0 Å². The van der Waals surface area contributed by atoms with Gasteiger partial charge in [-0.2, -0.15) is 0 Å². The van der Waals surface area contributed by atoms with Crippen molar-refractivity contribution in [1.82, 2.24) is 15.5 Å². The molecule has 0 spiro atoms. The van der Waals surface area contributed by atoms with Crippen molar-refractivity contribution in [3.8, 4) is 0 Å². The van der Waals surface area contributed by atoms with Gasteiger partial charge in [0.05, 0.1) is 6.10 Å². The molecule has 0 saturated carbocycles. The van der Waals surface area contributed by atoms with Gasteiger partial charge in [-0.3, -0.25) is 4.79 Å². The Labute approximate surface area is 190 Å². The molecule has 0 saturated heterocycles. The van der Waals surface area contributed by atoms with Gasteiger partial charge in [-0.15, -0.1) is 35.3 Å². The van der Waals surface area contributed by atoms with E-state index in [1.807, 2.05) is 18.7 Å². The third-order valence-corrected chi connectivity index (χ3v) is 5.75. The Hall–Kier alpha value is -0.870. The molecule has 1 aromatic rings. The van der Waals surface area contributed by atoms with E-state index >= 15 is 0 Å². The van der Waals surface area contributed by atoms with E-state index < -0.39 is 0 Å². The molecule has 6 nitrogen and oxygen atoms in total. The lowest BCUT2D eigenvalue weighted by atomic mass is 10.0. The average molecular weight is 522 g/mol. The molecule has 2 N–H and O–H groups in total. The van der Waals surface area contributed by atoms with Crippen LogP contribution in [0.4, 0.5) is 0 Å². The molecule has 0 aliphatic carbocycles. The van der Waals surface area contributed by atoms with Crippen LogP contribution >= 0.6 is 35.3 Å². The van der Waals surface area contributed by atoms with Crippen LogP contribution < -0.4 is 10.6 Å². The van der Waals surface area contributed by atoms with E-state index in [2.05, 4.69) is 40.9 Å². The zero-order chi connectivity index (χ0) is 19.6. The lowest BCUT2D eigenvalue weighted by Crippen LogP contribution is -2.41. The van der Waals surface area contributed by atoms with Crippen LogP contribution in [0.25, 0.3) is 0 Å². The first kappa shape index (κ1) is 25.2. The highest BCUT2D eigenvalue weighted by Crippen LogP contribution is 2.23. The quantitative estimate of drug-likeness (QED) is 0.297. The number of ether oxygens (including phenoxy) is 1. The van der Waals surface area contributed by atoms with E-state index in [1.54, 1.807) is 11.3 Å². The fourth-order valence-corrected chi connectivity index (χ4v) is 4.10. The van der Waals surface area contributed by atoms with Crippen molar-refractivity contribution in [2.24, 2.45) is 10.9 Å². The third-order valence-electron chi connectivity index (χ3n) is 4.72. The summed E-state index contributed by atoms with van der Waals surface area (Å²) in [6.07, 6.45) is 2.10. The van der Waals surface area contributed by atoms with Crippen molar-refractivity contribution < 1.29 is 9.53 Å². The van der Waals surface area contributed by atoms with Gasteiger partial charge in [0.25, 0.3) is 0 Å². The zero-order valence-electron chi connectivity index (χ0n) is 17.5. The van der Waals surface area contributed by atoms with Crippen molar-refractivity contribution in [2.45, 2.75) is 53.2 Å². The smallest absolute Gasteiger partial charge is 0.244 e. The minimum Gasteiger partial charge on any atom is -0.378 e. The fraction of sp³-hybridized carbons (Fsp3) is 0.700. The SMILES string of the molecule is CCNC(=NCC(=O)N1CCc2sccc2C1)NCCC(OCC)C(C)C.I. The van der Waals surface area contributed by atoms with E-state index in [1.165, 1.54) is 10.4 Å². The highest BCUT2D eigenvalue weighted by molar-refractivity contribution is 14.0. The van der Waals surface area contributed by atoms with Gasteiger partial charge in [0, 0.05) is 37.7 Å². The molecular formula is C20H35IN4O2S. The molecule has 160 valence electrons. The first-order valence-electron chi connectivity index (χ1n) is 10.0. The minimum absolute atomic E-state index is 0. The number of hydrogen-bond acceptors (Lipinski definition) is 4. The van der Waals surface area contributed by atoms with Crippen molar-refractivity contribution in [3.63, 3.8) is 0 Å². The van der Waals surface area contributed by atoms with Crippen LogP contribution in [0.15, 0.2) is 16.4 Å². The molecule has 1 aliphatic heterocycles. The summed E-state index contributed by atoms with van der Waals surface area (Å²) in [5.41, 5.74) is 1.28. The highest BCUT2D eigenvalue weighted by atomic mass is 127. The molecule has 0 aromatic carbocycles. The number of carbonyl (C=O) groups excluding carboxylic acids is 1. The monoisotopic (exact) mass is 522 g/mol. The number of amides is 1. The number of guanidine groups is 1. The number of thiophene rings is 1. The summed E-state index contributed by atoms with van der Waals surface area (Å²) >= 11 is 1.78. The molecule has 2 heterocycles. The van der Waals surface area contributed by atoms with Crippen molar-refractivity contribution >= 4 is 47.2 Å². The van der Waals surface area contributed by atoms with Gasteiger partial charge in [-0.05, 0) is 49.6 Å². The number of carbonyl (C=O) groups is 1. The van der Waals surface area contributed by atoms with Crippen molar-refractivity contribution in [3.05, 3.63) is 21.9 Å². The second-order valence-electron chi connectivity index (χ2n) is 7.08. The Morgan fingerprint density at radius 3 is 2.82 bits per heavy atom. The minimum atomic E-state index is 0. The zero-order valence-corrected chi connectivity index (χ0v) is 20.6. The maximum atomic E-state index is 12.5. The van der Waals surface area contributed by atoms with Gasteiger partial charge < -0.3 is 20.3 Å². The van der Waals surface area contributed by atoms with Gasteiger partial charge in [0.15, 0.2) is 5.96 Å². The number of nitrogens with one attached hydrogen (secondary N) is 2. The Kier molecular flexibility index (Phi) is 12.0. The number of nitrogens with zero attached hydrogens (tertiary/aromatic N) is 2. The maximum absolute atomic E-state index is 12.5. The summed E-state index contributed by atoms with van der Waals surface area (Å²) in [5, 5.41) is 8.65. The summed E-state index contributed by atoms with van der Waals surface area (Å²) in [7, 11) is 0. The molecule has 1 aromatic heterocycles. The molecule has 1 atom stereocenters. The van der Waals surface area contributed by atoms with Gasteiger partial charge in [0.2, 0.25) is 5.91 Å². The summed E-state index contributed by atoms with van der Waals surface area (Å²) < 4.78 is 5.78. The van der Waals surface area contributed by atoms with E-state index in [0.717, 1.165) is 39.1 Å². The molecule has 0 radical (unpaired) electrons. The van der Waals surface area contributed by atoms with E-state index in [-0.39, 0.29) is 42.5 Å². The molecule has 2 rings (SSSR count). The van der Waals surface area contributed by atoms with Gasteiger partial charge >= 0.3 is 0 Å². The molecule has 28 heavy (non-hydrogen) atoms. The normalized spacial score (nSPS) is 15.0. The van der Waals surface area contributed by atoms with E-state index in [9.17, 15) is 4.79 Å². The molecule has 0 fully saturated rings. The molecule has 1 unspecified atom stereocenters. The standard InChI is InChI=1S/C20H34N4O2S.HI/c1-5-21-20(22-10-7-17(15(3)4)26-6-2)23-13-19(25)24-11-8-18-16(14-24)9-12-27-18;/h9,12,15,17H,5-8,10-11,13-14H2,1-4H3,(H2,21,22,23);1H. The van der Waals surface area contributed by atoms with Crippen LogP contribution in [-0.4, -0.2) is 55.7 Å². The summed E-state index contributed by atoms with van der Waals surface area (Å²) in [6.45, 7) is 12.3. The maximum Gasteiger partial charge on any atom is 0.244 e. The molecule has 1 aliphatic rings. The van der Waals surface area contributed by atoms with Gasteiger partial charge in [0.1, 0.15) is 6.54 Å². The van der Waals surface area contributed by atoms with Crippen molar-refractivity contribution in [1.29, 1.82) is 0 Å². The number of halogens is 1. The van der Waals surface area contributed by atoms with Gasteiger partial charge in [-0.25, -0.2) is 4.99 Å². The number of fused-ring (bicyclic) bond motifs is 1. The third kappa shape index (κ3) is 7.87. The molecule has 1 amide bonds. The Morgan fingerprint density at radius 2 is 2.14 bits per heavy atom. The number of rotatable bonds is 9. The fourth-order valence-electron chi connectivity index (χ4n) is 3.21. The van der Waals surface area contributed by atoms with E-state index in [4.69, 9.17) is 4.74 Å². The first-order chi connectivity index (χ1) is 13.0. The summed E-state index contributed by atoms with van der Waals surface area (Å²) in [5.74, 6) is 1.26. The van der Waals surface area contributed by atoms with Crippen LogP contribution in [0.2, 0.25) is 0 Å². The van der Waals surface area contributed by atoms with Crippen LogP contribution in [0, 0.1) is 5.92 Å². The largest absolute Gasteiger partial charge is 0.378 e. The van der Waals surface area contributed by atoms with Gasteiger partial charge in [-0.1, -0.05) is 13.8 Å².